The fourth-order valence-electron chi connectivity index (χ4n) is 3.01. The van der Waals surface area contributed by atoms with Gasteiger partial charge in [-0.1, -0.05) is 25.1 Å². The van der Waals surface area contributed by atoms with Crippen LogP contribution < -0.4 is 5.73 Å². The maximum atomic E-state index is 12.7. The molecule has 0 aliphatic carbocycles. The SMILES string of the molecule is CCN1CCCC1CN(C)S(=O)(=O)c1ccccc1CN. The summed E-state index contributed by atoms with van der Waals surface area (Å²) >= 11 is 0. The zero-order valence-electron chi connectivity index (χ0n) is 12.8. The van der Waals surface area contributed by atoms with Gasteiger partial charge in [-0.2, -0.15) is 4.31 Å². The van der Waals surface area contributed by atoms with E-state index >= 15 is 0 Å². The summed E-state index contributed by atoms with van der Waals surface area (Å²) < 4.78 is 27.0. The Kier molecular flexibility index (Phi) is 5.37. The summed E-state index contributed by atoms with van der Waals surface area (Å²) in [7, 11) is -1.81. The Hall–Kier alpha value is -0.950. The second kappa shape index (κ2) is 6.87. The van der Waals surface area contributed by atoms with Gasteiger partial charge in [0, 0.05) is 26.2 Å². The number of hydrogen-bond donors (Lipinski definition) is 1. The Balaban J connectivity index is 2.19. The minimum atomic E-state index is -3.47. The minimum absolute atomic E-state index is 0.230. The molecule has 21 heavy (non-hydrogen) atoms. The van der Waals surface area contributed by atoms with Crippen LogP contribution in [0.3, 0.4) is 0 Å². The van der Waals surface area contributed by atoms with Crippen LogP contribution in [0.1, 0.15) is 25.3 Å². The van der Waals surface area contributed by atoms with Gasteiger partial charge in [-0.25, -0.2) is 8.42 Å². The van der Waals surface area contributed by atoms with Gasteiger partial charge in [-0.15, -0.1) is 0 Å². The standard InChI is InChI=1S/C15H25N3O2S/c1-3-18-10-6-8-14(18)12-17(2)21(19,20)15-9-5-4-7-13(15)11-16/h4-5,7,9,14H,3,6,8,10-12,16H2,1-2H3. The molecule has 0 amide bonds. The molecule has 2 N–H and O–H groups in total. The minimum Gasteiger partial charge on any atom is -0.326 e. The molecule has 0 bridgehead atoms. The van der Waals surface area contributed by atoms with Crippen molar-refractivity contribution < 1.29 is 8.42 Å². The van der Waals surface area contributed by atoms with Crippen LogP contribution in [0.4, 0.5) is 0 Å². The Morgan fingerprint density at radius 2 is 2.10 bits per heavy atom. The highest BCUT2D eigenvalue weighted by molar-refractivity contribution is 7.89. The lowest BCUT2D eigenvalue weighted by molar-refractivity contribution is 0.237. The lowest BCUT2D eigenvalue weighted by Gasteiger charge is -2.27. The van der Waals surface area contributed by atoms with E-state index in [0.717, 1.165) is 25.9 Å². The fraction of sp³-hybridized carbons (Fsp3) is 0.600. The Morgan fingerprint density at radius 1 is 1.38 bits per heavy atom. The molecule has 118 valence electrons. The van der Waals surface area contributed by atoms with Crippen LogP contribution >= 0.6 is 0 Å². The molecule has 1 aliphatic heterocycles. The molecule has 1 aromatic rings. The van der Waals surface area contributed by atoms with Crippen LogP contribution in [0, 0.1) is 0 Å². The van der Waals surface area contributed by atoms with E-state index in [2.05, 4.69) is 11.8 Å². The number of likely N-dealkylation sites (N-methyl/N-ethyl adjacent to an activating group) is 2. The number of hydrogen-bond acceptors (Lipinski definition) is 4. The zero-order valence-corrected chi connectivity index (χ0v) is 13.6. The molecule has 6 heteroatoms. The molecule has 0 saturated carbocycles. The summed E-state index contributed by atoms with van der Waals surface area (Å²) in [5.74, 6) is 0. The first kappa shape index (κ1) is 16.4. The van der Waals surface area contributed by atoms with Crippen molar-refractivity contribution in [2.24, 2.45) is 5.73 Å². The molecule has 1 fully saturated rings. The van der Waals surface area contributed by atoms with Gasteiger partial charge in [0.1, 0.15) is 0 Å². The zero-order chi connectivity index (χ0) is 15.5. The van der Waals surface area contributed by atoms with E-state index in [4.69, 9.17) is 5.73 Å². The summed E-state index contributed by atoms with van der Waals surface area (Å²) in [5.41, 5.74) is 6.33. The quantitative estimate of drug-likeness (QED) is 0.858. The van der Waals surface area contributed by atoms with Crippen molar-refractivity contribution in [3.8, 4) is 0 Å². The summed E-state index contributed by atoms with van der Waals surface area (Å²) in [6.07, 6.45) is 2.21. The van der Waals surface area contributed by atoms with Gasteiger partial charge in [0.25, 0.3) is 0 Å². The van der Waals surface area contributed by atoms with Crippen LogP contribution in [0.2, 0.25) is 0 Å². The van der Waals surface area contributed by atoms with Crippen molar-refractivity contribution in [2.45, 2.75) is 37.2 Å². The van der Waals surface area contributed by atoms with E-state index in [1.165, 1.54) is 4.31 Å². The molecule has 1 saturated heterocycles. The van der Waals surface area contributed by atoms with E-state index in [1.54, 1.807) is 25.2 Å². The maximum Gasteiger partial charge on any atom is 0.243 e. The van der Waals surface area contributed by atoms with Gasteiger partial charge in [0.05, 0.1) is 4.90 Å². The van der Waals surface area contributed by atoms with Crippen molar-refractivity contribution in [1.29, 1.82) is 0 Å². The van der Waals surface area contributed by atoms with Crippen LogP contribution in [-0.2, 0) is 16.6 Å². The average molecular weight is 311 g/mol. The molecule has 1 heterocycles. The highest BCUT2D eigenvalue weighted by Crippen LogP contribution is 2.22. The van der Waals surface area contributed by atoms with Crippen molar-refractivity contribution in [3.63, 3.8) is 0 Å². The number of benzene rings is 1. The predicted molar refractivity (Wildman–Crippen MR) is 84.4 cm³/mol. The van der Waals surface area contributed by atoms with Crippen LogP contribution in [0.5, 0.6) is 0 Å². The van der Waals surface area contributed by atoms with E-state index in [9.17, 15) is 8.42 Å². The van der Waals surface area contributed by atoms with Gasteiger partial charge >= 0.3 is 0 Å². The summed E-state index contributed by atoms with van der Waals surface area (Å²) in [6, 6.07) is 7.29. The first-order valence-electron chi connectivity index (χ1n) is 7.49. The molecule has 1 unspecified atom stereocenters. The van der Waals surface area contributed by atoms with Crippen molar-refractivity contribution in [1.82, 2.24) is 9.21 Å². The number of rotatable bonds is 6. The molecule has 1 atom stereocenters. The average Bonchev–Trinajstić information content (AvgIpc) is 2.94. The second-order valence-corrected chi connectivity index (χ2v) is 7.54. The van der Waals surface area contributed by atoms with Crippen molar-refractivity contribution >= 4 is 10.0 Å². The van der Waals surface area contributed by atoms with Crippen LogP contribution in [0.25, 0.3) is 0 Å². The third-order valence-corrected chi connectivity index (χ3v) is 6.18. The van der Waals surface area contributed by atoms with Crippen LogP contribution in [0.15, 0.2) is 29.2 Å². The second-order valence-electron chi connectivity index (χ2n) is 5.52. The lowest BCUT2D eigenvalue weighted by atomic mass is 10.2. The third kappa shape index (κ3) is 3.45. The van der Waals surface area contributed by atoms with E-state index in [1.807, 2.05) is 6.07 Å². The van der Waals surface area contributed by atoms with Gasteiger partial charge in [0.15, 0.2) is 0 Å². The van der Waals surface area contributed by atoms with Gasteiger partial charge in [0.2, 0.25) is 10.0 Å². The predicted octanol–water partition coefficient (Wildman–Crippen LogP) is 1.25. The third-order valence-electron chi connectivity index (χ3n) is 4.25. The maximum absolute atomic E-state index is 12.7. The molecule has 2 rings (SSSR count). The molecule has 1 aromatic carbocycles. The number of nitrogens with two attached hydrogens (primary N) is 1. The van der Waals surface area contributed by atoms with Gasteiger partial charge in [-0.3, -0.25) is 4.90 Å². The molecule has 1 aliphatic rings. The monoisotopic (exact) mass is 311 g/mol. The number of nitrogens with zero attached hydrogens (tertiary/aromatic N) is 2. The number of likely N-dealkylation sites (tertiary alicyclic amines) is 1. The van der Waals surface area contributed by atoms with E-state index in [0.29, 0.717) is 23.0 Å². The highest BCUT2D eigenvalue weighted by Gasteiger charge is 2.30. The Morgan fingerprint density at radius 3 is 2.76 bits per heavy atom. The summed E-state index contributed by atoms with van der Waals surface area (Å²) in [4.78, 5) is 2.68. The fourth-order valence-corrected chi connectivity index (χ4v) is 4.44. The smallest absolute Gasteiger partial charge is 0.243 e. The topological polar surface area (TPSA) is 66.6 Å². The van der Waals surface area contributed by atoms with Gasteiger partial charge < -0.3 is 5.73 Å². The van der Waals surface area contributed by atoms with Crippen molar-refractivity contribution in [3.05, 3.63) is 29.8 Å². The molecular formula is C15H25N3O2S. The summed E-state index contributed by atoms with van der Waals surface area (Å²) in [6.45, 7) is 4.92. The first-order valence-corrected chi connectivity index (χ1v) is 8.93. The number of sulfonamides is 1. The lowest BCUT2D eigenvalue weighted by Crippen LogP contribution is -2.41. The Bertz CT molecular complexity index is 574. The molecule has 0 spiro atoms. The van der Waals surface area contributed by atoms with E-state index in [-0.39, 0.29) is 6.54 Å². The first-order chi connectivity index (χ1) is 10.0. The molecule has 5 nitrogen and oxygen atoms in total. The van der Waals surface area contributed by atoms with E-state index < -0.39 is 10.0 Å². The normalized spacial score (nSPS) is 20.3. The Labute approximate surface area is 127 Å². The molecular weight excluding hydrogens is 286 g/mol. The molecule has 0 aromatic heterocycles. The van der Waals surface area contributed by atoms with Crippen molar-refractivity contribution in [2.75, 3.05) is 26.7 Å². The summed E-state index contributed by atoms with van der Waals surface area (Å²) in [5, 5.41) is 0. The highest BCUT2D eigenvalue weighted by atomic mass is 32.2. The molecule has 0 radical (unpaired) electrons. The van der Waals surface area contributed by atoms with Gasteiger partial charge in [-0.05, 0) is 37.6 Å². The largest absolute Gasteiger partial charge is 0.326 e. The van der Waals surface area contributed by atoms with Crippen LogP contribution in [-0.4, -0.2) is 50.3 Å².